The van der Waals surface area contributed by atoms with Crippen molar-refractivity contribution in [2.75, 3.05) is 0 Å². The Morgan fingerprint density at radius 3 is 2.83 bits per heavy atom. The molecule has 0 bridgehead atoms. The zero-order valence-electron chi connectivity index (χ0n) is 7.03. The Labute approximate surface area is 76.0 Å². The normalized spacial score (nSPS) is 9.25. The van der Waals surface area contributed by atoms with Gasteiger partial charge in [-0.2, -0.15) is 5.10 Å². The van der Waals surface area contributed by atoms with E-state index >= 15 is 0 Å². The van der Waals surface area contributed by atoms with E-state index in [0.29, 0.717) is 5.15 Å². The molecule has 12 heavy (non-hydrogen) atoms. The lowest BCUT2D eigenvalue weighted by Gasteiger charge is -1.90. The van der Waals surface area contributed by atoms with Crippen molar-refractivity contribution in [2.24, 2.45) is 0 Å². The first-order chi connectivity index (χ1) is 5.86. The second kappa shape index (κ2) is 4.07. The van der Waals surface area contributed by atoms with Gasteiger partial charge in [0, 0.05) is 12.4 Å². The van der Waals surface area contributed by atoms with Gasteiger partial charge in [0.1, 0.15) is 5.15 Å². The van der Waals surface area contributed by atoms with Crippen molar-refractivity contribution in [3.05, 3.63) is 29.7 Å². The van der Waals surface area contributed by atoms with E-state index in [1.165, 1.54) is 0 Å². The minimum absolute atomic E-state index is 0.477. The van der Waals surface area contributed by atoms with Gasteiger partial charge < -0.3 is 0 Å². The minimum atomic E-state index is 0.477. The van der Waals surface area contributed by atoms with E-state index < -0.39 is 0 Å². The number of imidazole rings is 1. The molecule has 0 aliphatic rings. The highest BCUT2D eigenvalue weighted by Crippen LogP contribution is 2.04. The number of rotatable bonds is 0. The number of fused-ring (bicyclic) bond motifs is 1. The number of nitrogens with zero attached hydrogens (tertiary/aromatic N) is 3. The summed E-state index contributed by atoms with van der Waals surface area (Å²) >= 11 is 5.62. The van der Waals surface area contributed by atoms with Crippen LogP contribution in [0, 0.1) is 0 Å². The van der Waals surface area contributed by atoms with Crippen molar-refractivity contribution in [1.82, 2.24) is 14.6 Å². The summed E-state index contributed by atoms with van der Waals surface area (Å²) in [5, 5.41) is 4.43. The molecule has 0 radical (unpaired) electrons. The summed E-state index contributed by atoms with van der Waals surface area (Å²) in [5.74, 6) is 0. The summed E-state index contributed by atoms with van der Waals surface area (Å²) in [4.78, 5) is 4.00. The van der Waals surface area contributed by atoms with Gasteiger partial charge in [0.25, 0.3) is 0 Å². The molecular weight excluding hydrogens is 174 g/mol. The predicted molar refractivity (Wildman–Crippen MR) is 49.3 cm³/mol. The van der Waals surface area contributed by atoms with Crippen LogP contribution in [0.2, 0.25) is 5.15 Å². The molecule has 64 valence electrons. The van der Waals surface area contributed by atoms with Gasteiger partial charge >= 0.3 is 0 Å². The van der Waals surface area contributed by atoms with Crippen molar-refractivity contribution >= 4 is 17.2 Å². The molecule has 0 spiro atoms. The summed E-state index contributed by atoms with van der Waals surface area (Å²) < 4.78 is 1.63. The van der Waals surface area contributed by atoms with Crippen molar-refractivity contribution in [2.45, 2.75) is 13.8 Å². The van der Waals surface area contributed by atoms with E-state index in [-0.39, 0.29) is 0 Å². The molecule has 0 aliphatic heterocycles. The third-order valence-electron chi connectivity index (χ3n) is 1.22. The van der Waals surface area contributed by atoms with Crippen LogP contribution in [-0.2, 0) is 0 Å². The van der Waals surface area contributed by atoms with Gasteiger partial charge in [0.2, 0.25) is 0 Å². The number of aromatic nitrogens is 3. The number of hydrogen-bond donors (Lipinski definition) is 0. The van der Waals surface area contributed by atoms with Gasteiger partial charge in [-0.05, 0) is 12.1 Å². The fourth-order valence-corrected chi connectivity index (χ4v) is 0.936. The first-order valence-corrected chi connectivity index (χ1v) is 4.20. The molecule has 0 aromatic carbocycles. The Balaban J connectivity index is 0.000000336. The predicted octanol–water partition coefficient (Wildman–Crippen LogP) is 2.41. The van der Waals surface area contributed by atoms with Crippen LogP contribution in [0.3, 0.4) is 0 Å². The second-order valence-electron chi connectivity index (χ2n) is 1.89. The third kappa shape index (κ3) is 1.74. The quantitative estimate of drug-likeness (QED) is 0.628. The van der Waals surface area contributed by atoms with Gasteiger partial charge in [-0.3, -0.25) is 0 Å². The van der Waals surface area contributed by atoms with E-state index in [2.05, 4.69) is 10.1 Å². The molecule has 0 fully saturated rings. The third-order valence-corrected chi connectivity index (χ3v) is 1.42. The van der Waals surface area contributed by atoms with Gasteiger partial charge in [0.15, 0.2) is 5.65 Å². The van der Waals surface area contributed by atoms with E-state index in [0.717, 1.165) is 5.65 Å². The maximum absolute atomic E-state index is 5.62. The lowest BCUT2D eigenvalue weighted by molar-refractivity contribution is 0.936. The van der Waals surface area contributed by atoms with Crippen molar-refractivity contribution < 1.29 is 0 Å². The molecular formula is C8H10ClN3. The van der Waals surface area contributed by atoms with Gasteiger partial charge in [-0.15, -0.1) is 0 Å². The molecule has 0 amide bonds. The zero-order chi connectivity index (χ0) is 8.97. The van der Waals surface area contributed by atoms with E-state index in [1.54, 1.807) is 23.0 Å². The van der Waals surface area contributed by atoms with Crippen LogP contribution in [0.4, 0.5) is 0 Å². The Bertz CT molecular complexity index is 356. The van der Waals surface area contributed by atoms with Crippen molar-refractivity contribution in [1.29, 1.82) is 0 Å². The Hall–Kier alpha value is -1.09. The summed E-state index contributed by atoms with van der Waals surface area (Å²) in [7, 11) is 0. The molecule has 0 N–H and O–H groups in total. The summed E-state index contributed by atoms with van der Waals surface area (Å²) in [6.07, 6.45) is 3.43. The lowest BCUT2D eigenvalue weighted by Crippen LogP contribution is -1.88. The molecule has 4 heteroatoms. The first-order valence-electron chi connectivity index (χ1n) is 3.82. The maximum Gasteiger partial charge on any atom is 0.153 e. The topological polar surface area (TPSA) is 30.2 Å². The molecule has 3 nitrogen and oxygen atoms in total. The van der Waals surface area contributed by atoms with Gasteiger partial charge in [-0.1, -0.05) is 25.4 Å². The molecule has 0 saturated carbocycles. The number of halogens is 1. The first kappa shape index (κ1) is 9.00. The molecule has 0 unspecified atom stereocenters. The maximum atomic E-state index is 5.62. The summed E-state index contributed by atoms with van der Waals surface area (Å²) in [6.45, 7) is 4.00. The molecule has 2 heterocycles. The van der Waals surface area contributed by atoms with Crippen LogP contribution in [0.1, 0.15) is 13.8 Å². The molecule has 0 atom stereocenters. The van der Waals surface area contributed by atoms with Crippen LogP contribution < -0.4 is 0 Å². The summed E-state index contributed by atoms with van der Waals surface area (Å²) in [5.41, 5.74) is 0.810. The average Bonchev–Trinajstić information content (AvgIpc) is 2.54. The molecule has 2 rings (SSSR count). The van der Waals surface area contributed by atoms with Crippen molar-refractivity contribution in [3.8, 4) is 0 Å². The standard InChI is InChI=1S/C6H4ClN3.C2H6/c7-5-1-2-6-8-3-4-10(6)9-5;1-2/h1-4H;1-2H3. The van der Waals surface area contributed by atoms with E-state index in [4.69, 9.17) is 11.6 Å². The molecule has 0 saturated heterocycles. The van der Waals surface area contributed by atoms with Crippen LogP contribution in [-0.4, -0.2) is 14.6 Å². The smallest absolute Gasteiger partial charge is 0.153 e. The second-order valence-corrected chi connectivity index (χ2v) is 2.27. The van der Waals surface area contributed by atoms with Crippen LogP contribution in [0.25, 0.3) is 5.65 Å². The van der Waals surface area contributed by atoms with Crippen LogP contribution in [0.15, 0.2) is 24.5 Å². The van der Waals surface area contributed by atoms with Crippen molar-refractivity contribution in [3.63, 3.8) is 0 Å². The Kier molecular flexibility index (Phi) is 3.05. The molecule has 0 aliphatic carbocycles. The minimum Gasteiger partial charge on any atom is -0.236 e. The highest BCUT2D eigenvalue weighted by molar-refractivity contribution is 6.29. The lowest BCUT2D eigenvalue weighted by atomic mass is 10.6. The highest BCUT2D eigenvalue weighted by atomic mass is 35.5. The molecule has 2 aromatic heterocycles. The summed E-state index contributed by atoms with van der Waals surface area (Å²) in [6, 6.07) is 3.53. The largest absolute Gasteiger partial charge is 0.236 e. The highest BCUT2D eigenvalue weighted by Gasteiger charge is 1.92. The number of hydrogen-bond acceptors (Lipinski definition) is 2. The van der Waals surface area contributed by atoms with Gasteiger partial charge in [-0.25, -0.2) is 9.50 Å². The van der Waals surface area contributed by atoms with E-state index in [1.807, 2.05) is 19.9 Å². The monoisotopic (exact) mass is 183 g/mol. The van der Waals surface area contributed by atoms with Crippen LogP contribution >= 0.6 is 11.6 Å². The Morgan fingerprint density at radius 2 is 2.08 bits per heavy atom. The van der Waals surface area contributed by atoms with E-state index in [9.17, 15) is 0 Å². The SMILES string of the molecule is CC.Clc1ccc2nccn2n1. The average molecular weight is 184 g/mol. The fourth-order valence-electron chi connectivity index (χ4n) is 0.792. The van der Waals surface area contributed by atoms with Gasteiger partial charge in [0.05, 0.1) is 0 Å². The molecule has 2 aromatic rings. The fraction of sp³-hybridized carbons (Fsp3) is 0.250. The Morgan fingerprint density at radius 1 is 1.33 bits per heavy atom. The van der Waals surface area contributed by atoms with Crippen LogP contribution in [0.5, 0.6) is 0 Å². The zero-order valence-corrected chi connectivity index (χ0v) is 7.78.